The van der Waals surface area contributed by atoms with Gasteiger partial charge in [0.15, 0.2) is 0 Å². The van der Waals surface area contributed by atoms with Crippen LogP contribution in [0, 0.1) is 23.7 Å². The Bertz CT molecular complexity index is 1850. The number of hydrogen-bond acceptors (Lipinski definition) is 11. The number of nitrogens with one attached hydrogen (secondary N) is 2. The number of carboxylic acids is 1. The molecule has 3 rings (SSSR count). The number of aliphatic carboxylic acids is 1. The molecule has 3 N–H and O–H groups in total. The summed E-state index contributed by atoms with van der Waals surface area (Å²) in [6, 6.07) is 4.97. The van der Waals surface area contributed by atoms with Gasteiger partial charge in [0, 0.05) is 54.2 Å². The molecule has 0 radical (unpaired) electrons. The lowest BCUT2D eigenvalue weighted by Crippen LogP contribution is -2.60. The zero-order chi connectivity index (χ0) is 51.0. The number of methoxy groups -OCH3 is 2. The monoisotopic (exact) mass is 956 g/mol. The lowest BCUT2D eigenvalue weighted by Gasteiger charge is -2.41. The van der Waals surface area contributed by atoms with Crippen LogP contribution < -0.4 is 10.6 Å². The van der Waals surface area contributed by atoms with Crippen LogP contribution in [0.3, 0.4) is 0 Å². The van der Waals surface area contributed by atoms with Crippen LogP contribution in [0.2, 0.25) is 0 Å². The molecule has 0 unspecified atom stereocenters. The normalized spacial score (nSPS) is 19.2. The van der Waals surface area contributed by atoms with E-state index >= 15 is 0 Å². The van der Waals surface area contributed by atoms with Gasteiger partial charge in [0.25, 0.3) is 0 Å². The van der Waals surface area contributed by atoms with Gasteiger partial charge in [-0.25, -0.2) is 4.79 Å². The second-order valence-corrected chi connectivity index (χ2v) is 19.5. The summed E-state index contributed by atoms with van der Waals surface area (Å²) in [6.07, 6.45) is 2.27. The summed E-state index contributed by atoms with van der Waals surface area (Å²) in [6.45, 7) is 14.1. The molecule has 2 aliphatic heterocycles. The number of likely N-dealkylation sites (N-methyl/N-ethyl adjacent to an activating group) is 3. The maximum atomic E-state index is 14.6. The molecular formula is C50H81N7O11. The van der Waals surface area contributed by atoms with E-state index in [2.05, 4.69) is 10.6 Å². The van der Waals surface area contributed by atoms with Crippen LogP contribution in [0.5, 0.6) is 0 Å². The molecule has 7 amide bonds. The van der Waals surface area contributed by atoms with E-state index in [1.807, 2.05) is 47.6 Å². The molecule has 9 atom stereocenters. The number of carboxylic acid groups (broad SMARTS) is 1. The average Bonchev–Trinajstić information content (AvgIpc) is 3.77. The molecule has 2 aliphatic rings. The van der Waals surface area contributed by atoms with Crippen molar-refractivity contribution in [3.63, 3.8) is 0 Å². The largest absolute Gasteiger partial charge is 0.480 e. The highest BCUT2D eigenvalue weighted by Crippen LogP contribution is 2.30. The highest BCUT2D eigenvalue weighted by atomic mass is 16.5. The molecule has 2 saturated heterocycles. The molecule has 0 aliphatic carbocycles. The number of likely N-dealkylation sites (tertiary alicyclic amines) is 1. The Balaban J connectivity index is 1.70. The minimum absolute atomic E-state index is 0.0814. The van der Waals surface area contributed by atoms with Crippen molar-refractivity contribution < 1.29 is 52.9 Å². The smallest absolute Gasteiger partial charge is 0.326 e. The predicted octanol–water partition coefficient (Wildman–Crippen LogP) is 3.20. The number of carbonyl (C=O) groups excluding carboxylic acids is 7. The Morgan fingerprint density at radius 3 is 2.01 bits per heavy atom. The van der Waals surface area contributed by atoms with E-state index in [0.29, 0.717) is 51.6 Å². The lowest BCUT2D eigenvalue weighted by molar-refractivity contribution is -0.151. The van der Waals surface area contributed by atoms with Gasteiger partial charge < -0.3 is 39.9 Å². The van der Waals surface area contributed by atoms with Crippen LogP contribution in [0.15, 0.2) is 30.3 Å². The number of unbranched alkanes of at least 4 members (excludes halogenated alkanes) is 2. The molecule has 2 heterocycles. The summed E-state index contributed by atoms with van der Waals surface area (Å²) in [7, 11) is 7.95. The molecule has 2 fully saturated rings. The van der Waals surface area contributed by atoms with Crippen molar-refractivity contribution in [1.29, 1.82) is 0 Å². The number of carbonyl (C=O) groups is 8. The molecule has 0 aromatic heterocycles. The van der Waals surface area contributed by atoms with Crippen molar-refractivity contribution in [3.8, 4) is 0 Å². The zero-order valence-electron chi connectivity index (χ0n) is 42.7. The summed E-state index contributed by atoms with van der Waals surface area (Å²) in [5.41, 5.74) is 0.763. The Kier molecular flexibility index (Phi) is 23.0. The molecule has 18 heteroatoms. The van der Waals surface area contributed by atoms with Crippen molar-refractivity contribution in [2.24, 2.45) is 23.7 Å². The Morgan fingerprint density at radius 2 is 1.47 bits per heavy atom. The quantitative estimate of drug-likeness (QED) is 0.0857. The van der Waals surface area contributed by atoms with E-state index in [-0.39, 0.29) is 79.6 Å². The third-order valence-corrected chi connectivity index (χ3v) is 13.8. The van der Waals surface area contributed by atoms with Gasteiger partial charge in [-0.2, -0.15) is 0 Å². The van der Waals surface area contributed by atoms with Crippen molar-refractivity contribution >= 4 is 47.3 Å². The topological polar surface area (TPSA) is 216 Å². The van der Waals surface area contributed by atoms with Crippen LogP contribution in [0.4, 0.5) is 0 Å². The first kappa shape index (κ1) is 57.4. The molecule has 0 bridgehead atoms. The SMILES string of the molecule is CC[C@H](C)[C@@H]([C@@H](CC(=O)N1CCC[C@H]1[C@H](OC)[C@@H](C)C(=O)N[C@@H](Cc1ccccc1)C(=O)O)OC)N(C)C(=O)[C@@H](NC(=O)[C@H](C(C)C)N(C)C(=O)CCCCCN1C(=O)CN(C)CC1=O)C(C)C. The molecule has 1 aromatic carbocycles. The van der Waals surface area contributed by atoms with E-state index in [0.717, 1.165) is 5.56 Å². The summed E-state index contributed by atoms with van der Waals surface area (Å²) in [4.78, 5) is 115. The minimum Gasteiger partial charge on any atom is -0.480 e. The first-order valence-corrected chi connectivity index (χ1v) is 24.4. The Morgan fingerprint density at radius 1 is 0.838 bits per heavy atom. The highest BCUT2D eigenvalue weighted by Gasteiger charge is 2.44. The van der Waals surface area contributed by atoms with E-state index in [4.69, 9.17) is 9.47 Å². The van der Waals surface area contributed by atoms with Gasteiger partial charge in [-0.15, -0.1) is 0 Å². The highest BCUT2D eigenvalue weighted by molar-refractivity contribution is 5.99. The molecule has 0 saturated carbocycles. The minimum atomic E-state index is -1.16. The number of benzene rings is 1. The third kappa shape index (κ3) is 15.5. The Labute approximate surface area is 404 Å². The van der Waals surface area contributed by atoms with Gasteiger partial charge >= 0.3 is 5.97 Å². The number of rotatable bonds is 27. The van der Waals surface area contributed by atoms with E-state index < -0.39 is 66.1 Å². The fourth-order valence-corrected chi connectivity index (χ4v) is 9.69. The number of amides is 7. The van der Waals surface area contributed by atoms with Crippen LogP contribution >= 0.6 is 0 Å². The van der Waals surface area contributed by atoms with Crippen LogP contribution in [0.25, 0.3) is 0 Å². The Hall–Kier alpha value is -4.94. The average molecular weight is 956 g/mol. The number of piperazine rings is 1. The maximum absolute atomic E-state index is 14.6. The standard InChI is InChI=1S/C50H81N7O11/c1-13-33(6)45(38(67-11)28-40(59)56-26-20-23-37(56)46(68-12)34(7)47(62)51-36(50(65)66)27-35-21-16-14-17-22-35)55(10)49(64)43(31(2)3)52-48(63)44(32(4)5)54(9)39(58)24-18-15-19-25-57-41(60)29-53(8)30-42(57)61/h14,16-17,21-22,31-34,36-38,43-46H,13,15,18-20,23-30H2,1-12H3,(H,51,62)(H,52,63)(H,65,66)/t33-,34+,36-,37-,38+,43-,44-,45-,46+/m0/s1. The lowest BCUT2D eigenvalue weighted by atomic mass is 9.89. The van der Waals surface area contributed by atoms with Crippen LogP contribution in [-0.4, -0.2) is 181 Å². The fraction of sp³-hybridized carbons (Fsp3) is 0.720. The fourth-order valence-electron chi connectivity index (χ4n) is 9.69. The first-order valence-electron chi connectivity index (χ1n) is 24.4. The van der Waals surface area contributed by atoms with Gasteiger partial charge in [0.2, 0.25) is 41.4 Å². The summed E-state index contributed by atoms with van der Waals surface area (Å²) in [5.74, 6) is -5.00. The number of nitrogens with zero attached hydrogens (tertiary/aromatic N) is 5. The first-order chi connectivity index (χ1) is 32.1. The second kappa shape index (κ2) is 27.3. The van der Waals surface area contributed by atoms with Gasteiger partial charge in [0.05, 0.1) is 49.7 Å². The summed E-state index contributed by atoms with van der Waals surface area (Å²) >= 11 is 0. The van der Waals surface area contributed by atoms with Gasteiger partial charge in [-0.05, 0) is 56.0 Å². The van der Waals surface area contributed by atoms with Crippen molar-refractivity contribution in [1.82, 2.24) is 35.1 Å². The summed E-state index contributed by atoms with van der Waals surface area (Å²) in [5, 5.41) is 15.6. The number of ether oxygens (including phenoxy) is 2. The van der Waals surface area contributed by atoms with Crippen LogP contribution in [-0.2, 0) is 54.3 Å². The van der Waals surface area contributed by atoms with Crippen LogP contribution in [0.1, 0.15) is 105 Å². The molecular weight excluding hydrogens is 875 g/mol. The third-order valence-electron chi connectivity index (χ3n) is 13.8. The molecule has 0 spiro atoms. The number of hydrogen-bond donors (Lipinski definition) is 3. The van der Waals surface area contributed by atoms with Gasteiger partial charge in [-0.1, -0.05) is 91.6 Å². The van der Waals surface area contributed by atoms with Gasteiger partial charge in [0.1, 0.15) is 18.1 Å². The predicted molar refractivity (Wildman–Crippen MR) is 257 cm³/mol. The molecule has 382 valence electrons. The molecule has 68 heavy (non-hydrogen) atoms. The molecule has 18 nitrogen and oxygen atoms in total. The van der Waals surface area contributed by atoms with Crippen molar-refractivity contribution in [2.75, 3.05) is 61.5 Å². The zero-order valence-corrected chi connectivity index (χ0v) is 42.7. The number of imide groups is 1. The van der Waals surface area contributed by atoms with E-state index in [9.17, 15) is 43.5 Å². The summed E-state index contributed by atoms with van der Waals surface area (Å²) < 4.78 is 11.9. The van der Waals surface area contributed by atoms with Crippen molar-refractivity contribution in [3.05, 3.63) is 35.9 Å². The van der Waals surface area contributed by atoms with Crippen molar-refractivity contribution in [2.45, 2.75) is 149 Å². The van der Waals surface area contributed by atoms with E-state index in [1.165, 1.54) is 24.0 Å². The maximum Gasteiger partial charge on any atom is 0.326 e. The van der Waals surface area contributed by atoms with Gasteiger partial charge in [-0.3, -0.25) is 43.4 Å². The second-order valence-electron chi connectivity index (χ2n) is 19.5. The van der Waals surface area contributed by atoms with E-state index in [1.54, 1.807) is 67.0 Å². The molecule has 1 aromatic rings.